The summed E-state index contributed by atoms with van der Waals surface area (Å²) >= 11 is 0. The lowest BCUT2D eigenvalue weighted by Crippen LogP contribution is -2.57. The van der Waals surface area contributed by atoms with Crippen LogP contribution in [0.1, 0.15) is 31.4 Å². The average Bonchev–Trinajstić information content (AvgIpc) is 2.92. The molecule has 1 saturated heterocycles. The van der Waals surface area contributed by atoms with Crippen LogP contribution >= 0.6 is 0 Å². The fraction of sp³-hybridized carbons (Fsp3) is 0.684. The molecule has 1 atom stereocenters. The van der Waals surface area contributed by atoms with Crippen LogP contribution in [0.5, 0.6) is 0 Å². The lowest BCUT2D eigenvalue weighted by Gasteiger charge is -2.44. The minimum Gasteiger partial charge on any atom is -0.396 e. The van der Waals surface area contributed by atoms with Crippen LogP contribution in [0.15, 0.2) is 24.3 Å². The van der Waals surface area contributed by atoms with Crippen molar-refractivity contribution in [2.45, 2.75) is 45.2 Å². The first-order valence-corrected chi connectivity index (χ1v) is 8.83. The topological polar surface area (TPSA) is 26.7 Å². The Morgan fingerprint density at radius 1 is 1.14 bits per heavy atom. The predicted molar refractivity (Wildman–Crippen MR) is 91.1 cm³/mol. The van der Waals surface area contributed by atoms with Crippen molar-refractivity contribution in [3.05, 3.63) is 35.4 Å². The van der Waals surface area contributed by atoms with E-state index in [4.69, 9.17) is 0 Å². The summed E-state index contributed by atoms with van der Waals surface area (Å²) in [5.74, 6) is 0.698. The van der Waals surface area contributed by atoms with E-state index >= 15 is 0 Å². The van der Waals surface area contributed by atoms with Crippen LogP contribution in [0.4, 0.5) is 0 Å². The van der Waals surface area contributed by atoms with E-state index in [1.807, 2.05) is 0 Å². The zero-order valence-electron chi connectivity index (χ0n) is 14.0. The average molecular weight is 302 g/mol. The van der Waals surface area contributed by atoms with E-state index in [2.05, 4.69) is 47.9 Å². The molecule has 0 spiro atoms. The van der Waals surface area contributed by atoms with Gasteiger partial charge in [0.25, 0.3) is 0 Å². The number of aliphatic hydroxyl groups excluding tert-OH is 1. The number of nitrogens with zero attached hydrogens (tertiary/aromatic N) is 2. The molecule has 0 saturated carbocycles. The second-order valence-electron chi connectivity index (χ2n) is 7.38. The molecule has 0 radical (unpaired) electrons. The molecule has 1 heterocycles. The minimum atomic E-state index is 0.304. The van der Waals surface area contributed by atoms with E-state index in [0.29, 0.717) is 24.6 Å². The standard InChI is InChI=1S/C19H30N2O/c1-15(2)13-20-8-9-21(14-18(20)7-10-22)19-11-16-5-3-4-6-17(16)12-19/h3-6,15,18-19,22H,7-14H2,1-2H3/t18-/m1/s1. The van der Waals surface area contributed by atoms with Crippen molar-refractivity contribution in [2.24, 2.45) is 5.92 Å². The first-order valence-electron chi connectivity index (χ1n) is 8.83. The highest BCUT2D eigenvalue weighted by Gasteiger charge is 2.33. The summed E-state index contributed by atoms with van der Waals surface area (Å²) in [6.07, 6.45) is 3.31. The largest absolute Gasteiger partial charge is 0.396 e. The summed E-state index contributed by atoms with van der Waals surface area (Å²) in [6, 6.07) is 10.1. The molecule has 122 valence electrons. The van der Waals surface area contributed by atoms with Crippen LogP contribution in [0.2, 0.25) is 0 Å². The number of aliphatic hydroxyl groups is 1. The second-order valence-corrected chi connectivity index (χ2v) is 7.38. The summed E-state index contributed by atoms with van der Waals surface area (Å²) in [7, 11) is 0. The molecule has 0 amide bonds. The number of rotatable bonds is 5. The van der Waals surface area contributed by atoms with Crippen molar-refractivity contribution >= 4 is 0 Å². The third kappa shape index (κ3) is 3.53. The van der Waals surface area contributed by atoms with Gasteiger partial charge in [-0.25, -0.2) is 0 Å². The molecule has 1 aliphatic heterocycles. The molecular formula is C19H30N2O. The van der Waals surface area contributed by atoms with Crippen molar-refractivity contribution in [1.82, 2.24) is 9.80 Å². The van der Waals surface area contributed by atoms with Crippen LogP contribution in [-0.2, 0) is 12.8 Å². The van der Waals surface area contributed by atoms with Gasteiger partial charge in [-0.2, -0.15) is 0 Å². The Kier molecular flexibility index (Phi) is 5.17. The summed E-state index contributed by atoms with van der Waals surface area (Å²) < 4.78 is 0. The van der Waals surface area contributed by atoms with Gasteiger partial charge in [0.2, 0.25) is 0 Å². The first kappa shape index (κ1) is 16.0. The Balaban J connectivity index is 1.63. The maximum Gasteiger partial charge on any atom is 0.0446 e. The molecule has 0 unspecified atom stereocenters. The van der Waals surface area contributed by atoms with Crippen LogP contribution < -0.4 is 0 Å². The quantitative estimate of drug-likeness (QED) is 0.903. The van der Waals surface area contributed by atoms with Gasteiger partial charge >= 0.3 is 0 Å². The van der Waals surface area contributed by atoms with Gasteiger partial charge in [-0.05, 0) is 36.3 Å². The van der Waals surface area contributed by atoms with Crippen molar-refractivity contribution in [1.29, 1.82) is 0 Å². The van der Waals surface area contributed by atoms with Gasteiger partial charge in [-0.3, -0.25) is 9.80 Å². The molecule has 1 N–H and O–H groups in total. The predicted octanol–water partition coefficient (Wildman–Crippen LogP) is 2.18. The third-order valence-corrected chi connectivity index (χ3v) is 5.24. The van der Waals surface area contributed by atoms with Crippen LogP contribution in [-0.4, -0.2) is 59.8 Å². The van der Waals surface area contributed by atoms with E-state index in [1.54, 1.807) is 0 Å². The highest BCUT2D eigenvalue weighted by atomic mass is 16.3. The monoisotopic (exact) mass is 302 g/mol. The van der Waals surface area contributed by atoms with Crippen molar-refractivity contribution < 1.29 is 5.11 Å². The molecule has 1 aliphatic carbocycles. The van der Waals surface area contributed by atoms with Crippen molar-refractivity contribution in [3.63, 3.8) is 0 Å². The van der Waals surface area contributed by atoms with Crippen LogP contribution in [0.25, 0.3) is 0 Å². The molecular weight excluding hydrogens is 272 g/mol. The van der Waals surface area contributed by atoms with Crippen LogP contribution in [0, 0.1) is 5.92 Å². The minimum absolute atomic E-state index is 0.304. The SMILES string of the molecule is CC(C)CN1CCN(C2Cc3ccccc3C2)C[C@H]1CCO. The summed E-state index contributed by atoms with van der Waals surface area (Å²) in [5, 5.41) is 9.42. The van der Waals surface area contributed by atoms with Crippen LogP contribution in [0.3, 0.4) is 0 Å². The smallest absolute Gasteiger partial charge is 0.0446 e. The number of hydrogen-bond donors (Lipinski definition) is 1. The lowest BCUT2D eigenvalue weighted by atomic mass is 10.0. The Morgan fingerprint density at radius 2 is 1.82 bits per heavy atom. The number of hydrogen-bond acceptors (Lipinski definition) is 3. The summed E-state index contributed by atoms with van der Waals surface area (Å²) in [6.45, 7) is 9.47. The normalized spacial score (nSPS) is 24.1. The van der Waals surface area contributed by atoms with Crippen molar-refractivity contribution in [3.8, 4) is 0 Å². The number of fused-ring (bicyclic) bond motifs is 1. The van der Waals surface area contributed by atoms with Gasteiger partial charge in [0.15, 0.2) is 0 Å². The highest BCUT2D eigenvalue weighted by Crippen LogP contribution is 2.27. The van der Waals surface area contributed by atoms with E-state index < -0.39 is 0 Å². The van der Waals surface area contributed by atoms with E-state index in [0.717, 1.165) is 26.1 Å². The summed E-state index contributed by atoms with van der Waals surface area (Å²) in [4.78, 5) is 5.27. The Morgan fingerprint density at radius 3 is 2.41 bits per heavy atom. The summed E-state index contributed by atoms with van der Waals surface area (Å²) in [5.41, 5.74) is 3.08. The van der Waals surface area contributed by atoms with E-state index in [9.17, 15) is 5.11 Å². The fourth-order valence-electron chi connectivity index (χ4n) is 4.17. The number of piperazine rings is 1. The molecule has 0 aromatic heterocycles. The molecule has 22 heavy (non-hydrogen) atoms. The van der Waals surface area contributed by atoms with Crippen molar-refractivity contribution in [2.75, 3.05) is 32.8 Å². The van der Waals surface area contributed by atoms with E-state index in [-0.39, 0.29) is 0 Å². The van der Waals surface area contributed by atoms with Gasteiger partial charge in [0.1, 0.15) is 0 Å². The molecule has 0 bridgehead atoms. The molecule has 1 aromatic rings. The molecule has 1 aromatic carbocycles. The van der Waals surface area contributed by atoms with E-state index in [1.165, 1.54) is 30.5 Å². The highest BCUT2D eigenvalue weighted by molar-refractivity contribution is 5.33. The molecule has 3 heteroatoms. The lowest BCUT2D eigenvalue weighted by molar-refractivity contribution is 0.0317. The zero-order chi connectivity index (χ0) is 15.5. The maximum atomic E-state index is 9.42. The van der Waals surface area contributed by atoms with Gasteiger partial charge in [0, 0.05) is 44.9 Å². The zero-order valence-corrected chi connectivity index (χ0v) is 14.0. The second kappa shape index (κ2) is 7.12. The Labute approximate surface area is 134 Å². The molecule has 3 rings (SSSR count). The Hall–Kier alpha value is -0.900. The third-order valence-electron chi connectivity index (χ3n) is 5.24. The van der Waals surface area contributed by atoms with Gasteiger partial charge in [-0.1, -0.05) is 38.1 Å². The Bertz CT molecular complexity index is 463. The van der Waals surface area contributed by atoms with Gasteiger partial charge in [-0.15, -0.1) is 0 Å². The maximum absolute atomic E-state index is 9.42. The number of benzene rings is 1. The molecule has 3 nitrogen and oxygen atoms in total. The van der Waals surface area contributed by atoms with Gasteiger partial charge in [0.05, 0.1) is 0 Å². The molecule has 1 fully saturated rings. The van der Waals surface area contributed by atoms with Gasteiger partial charge < -0.3 is 5.11 Å². The molecule has 2 aliphatic rings. The first-order chi connectivity index (χ1) is 10.7. The fourth-order valence-corrected chi connectivity index (χ4v) is 4.17.